The molecule has 8 nitrogen and oxygen atoms in total. The van der Waals surface area contributed by atoms with Crippen molar-refractivity contribution in [3.63, 3.8) is 0 Å². The number of amides is 4. The number of aromatic nitrogens is 1. The Morgan fingerprint density at radius 2 is 1.93 bits per heavy atom. The van der Waals surface area contributed by atoms with Crippen molar-refractivity contribution >= 4 is 29.2 Å². The predicted octanol–water partition coefficient (Wildman–Crippen LogP) is 2.78. The fraction of sp³-hybridized carbons (Fsp3) is 0.700. The smallest absolute Gasteiger partial charge is 0.325 e. The van der Waals surface area contributed by atoms with Crippen molar-refractivity contribution < 1.29 is 19.1 Å². The molecule has 0 aromatic carbocycles. The minimum absolute atomic E-state index is 0.0919. The molecule has 0 radical (unpaired) electrons. The van der Waals surface area contributed by atoms with Crippen LogP contribution in [-0.4, -0.2) is 45.9 Å². The normalized spacial score (nSPS) is 27.4. The van der Waals surface area contributed by atoms with E-state index in [0.29, 0.717) is 54.7 Å². The summed E-state index contributed by atoms with van der Waals surface area (Å²) in [6.07, 6.45) is 5.53. The average molecular weight is 421 g/mol. The van der Waals surface area contributed by atoms with E-state index in [0.717, 1.165) is 17.8 Å². The zero-order valence-corrected chi connectivity index (χ0v) is 17.7. The van der Waals surface area contributed by atoms with Crippen molar-refractivity contribution in [2.75, 3.05) is 0 Å². The summed E-state index contributed by atoms with van der Waals surface area (Å²) in [4.78, 5) is 43.1. The number of imide groups is 1. The second kappa shape index (κ2) is 7.93. The third kappa shape index (κ3) is 4.24. The zero-order valence-electron chi connectivity index (χ0n) is 16.8. The number of primary amides is 1. The number of carbonyl (C=O) groups is 3. The van der Waals surface area contributed by atoms with Crippen LogP contribution in [-0.2, 0) is 4.79 Å². The Morgan fingerprint density at radius 3 is 2.52 bits per heavy atom. The van der Waals surface area contributed by atoms with Gasteiger partial charge in [-0.15, -0.1) is 11.3 Å². The molecule has 29 heavy (non-hydrogen) atoms. The number of carbonyl (C=O) groups excluding carboxylic acids is 3. The Kier molecular flexibility index (Phi) is 5.50. The van der Waals surface area contributed by atoms with E-state index in [1.807, 2.05) is 13.8 Å². The van der Waals surface area contributed by atoms with E-state index in [4.69, 9.17) is 10.5 Å². The predicted molar refractivity (Wildman–Crippen MR) is 108 cm³/mol. The molecular weight excluding hydrogens is 392 g/mol. The molecule has 2 saturated carbocycles. The van der Waals surface area contributed by atoms with E-state index in [9.17, 15) is 14.4 Å². The monoisotopic (exact) mass is 420 g/mol. The van der Waals surface area contributed by atoms with E-state index in [2.05, 4.69) is 10.3 Å². The highest BCUT2D eigenvalue weighted by molar-refractivity contribution is 7.14. The first-order valence-electron chi connectivity index (χ1n) is 10.4. The molecule has 1 unspecified atom stereocenters. The van der Waals surface area contributed by atoms with Crippen LogP contribution in [0.2, 0.25) is 0 Å². The molecule has 158 valence electrons. The van der Waals surface area contributed by atoms with Crippen molar-refractivity contribution in [1.82, 2.24) is 15.2 Å². The molecule has 2 heterocycles. The van der Waals surface area contributed by atoms with Gasteiger partial charge in [0, 0.05) is 12.0 Å². The first-order valence-corrected chi connectivity index (χ1v) is 11.3. The van der Waals surface area contributed by atoms with E-state index in [1.54, 1.807) is 0 Å². The van der Waals surface area contributed by atoms with Crippen LogP contribution >= 0.6 is 11.3 Å². The lowest BCUT2D eigenvalue weighted by Gasteiger charge is -2.32. The van der Waals surface area contributed by atoms with Gasteiger partial charge in [-0.2, -0.15) is 0 Å². The standard InChI is InChI=1S/C20H28N4O4S/c1-10(2)9-14-19(26)24(20(27)22-14)12-5-7-13(8-6-12)28-17-15(16(21)25)29-18(23-17)11-3-4-11/h10-14H,3-9H2,1-2H3,(H2,21,25)(H,22,27)/t12-,13-,14?. The molecule has 0 bridgehead atoms. The fourth-order valence-electron chi connectivity index (χ4n) is 4.17. The van der Waals surface area contributed by atoms with Gasteiger partial charge >= 0.3 is 6.03 Å². The highest BCUT2D eigenvalue weighted by Gasteiger charge is 2.43. The van der Waals surface area contributed by atoms with Crippen molar-refractivity contribution in [2.45, 2.75) is 82.9 Å². The van der Waals surface area contributed by atoms with Gasteiger partial charge in [-0.05, 0) is 50.9 Å². The van der Waals surface area contributed by atoms with Crippen LogP contribution in [0.3, 0.4) is 0 Å². The maximum Gasteiger partial charge on any atom is 0.325 e. The van der Waals surface area contributed by atoms with Crippen LogP contribution in [0.25, 0.3) is 0 Å². The Balaban J connectivity index is 1.36. The Labute approximate surface area is 174 Å². The Hall–Kier alpha value is -2.16. The molecular formula is C20H28N4O4S. The molecule has 1 aliphatic heterocycles. The van der Waals surface area contributed by atoms with Crippen molar-refractivity contribution in [2.24, 2.45) is 11.7 Å². The summed E-state index contributed by atoms with van der Waals surface area (Å²) < 4.78 is 6.04. The van der Waals surface area contributed by atoms with Gasteiger partial charge in [0.05, 0.1) is 0 Å². The van der Waals surface area contributed by atoms with Crippen molar-refractivity contribution in [3.8, 4) is 5.88 Å². The van der Waals surface area contributed by atoms with E-state index in [-0.39, 0.29) is 24.1 Å². The quantitative estimate of drug-likeness (QED) is 0.658. The summed E-state index contributed by atoms with van der Waals surface area (Å²) in [6, 6.07) is -0.798. The lowest BCUT2D eigenvalue weighted by molar-refractivity contribution is -0.130. The van der Waals surface area contributed by atoms with Gasteiger partial charge in [-0.1, -0.05) is 13.8 Å². The first-order chi connectivity index (χ1) is 13.8. The van der Waals surface area contributed by atoms with Gasteiger partial charge in [-0.25, -0.2) is 9.78 Å². The molecule has 0 spiro atoms. The van der Waals surface area contributed by atoms with Gasteiger partial charge in [0.1, 0.15) is 17.2 Å². The van der Waals surface area contributed by atoms with E-state index in [1.165, 1.54) is 16.2 Å². The van der Waals surface area contributed by atoms with Gasteiger partial charge in [0.2, 0.25) is 5.88 Å². The number of nitrogens with zero attached hydrogens (tertiary/aromatic N) is 2. The highest BCUT2D eigenvalue weighted by atomic mass is 32.1. The third-order valence-electron chi connectivity index (χ3n) is 5.81. The molecule has 1 aromatic heterocycles. The van der Waals surface area contributed by atoms with Crippen LogP contribution in [0.15, 0.2) is 0 Å². The van der Waals surface area contributed by atoms with Gasteiger partial charge in [0.15, 0.2) is 4.88 Å². The van der Waals surface area contributed by atoms with Crippen LogP contribution in [0, 0.1) is 5.92 Å². The lowest BCUT2D eigenvalue weighted by atomic mass is 9.91. The molecule has 1 atom stereocenters. The van der Waals surface area contributed by atoms with E-state index >= 15 is 0 Å². The second-order valence-electron chi connectivity index (χ2n) is 8.71. The topological polar surface area (TPSA) is 115 Å². The third-order valence-corrected chi connectivity index (χ3v) is 7.02. The number of urea groups is 1. The number of hydrogen-bond donors (Lipinski definition) is 2. The maximum atomic E-state index is 12.7. The molecule has 2 aliphatic carbocycles. The summed E-state index contributed by atoms with van der Waals surface area (Å²) >= 11 is 1.34. The number of hydrogen-bond acceptors (Lipinski definition) is 6. The summed E-state index contributed by atoms with van der Waals surface area (Å²) in [5.74, 6) is 0.502. The molecule has 4 rings (SSSR count). The van der Waals surface area contributed by atoms with Crippen LogP contribution in [0.5, 0.6) is 5.88 Å². The second-order valence-corrected chi connectivity index (χ2v) is 9.74. The highest BCUT2D eigenvalue weighted by Crippen LogP contribution is 2.44. The molecule has 4 amide bonds. The summed E-state index contributed by atoms with van der Waals surface area (Å²) in [5.41, 5.74) is 5.50. The number of ether oxygens (including phenoxy) is 1. The maximum absolute atomic E-state index is 12.7. The summed E-state index contributed by atoms with van der Waals surface area (Å²) in [6.45, 7) is 4.08. The van der Waals surface area contributed by atoms with E-state index < -0.39 is 11.9 Å². The molecule has 3 N–H and O–H groups in total. The first kappa shape index (κ1) is 20.1. The van der Waals surface area contributed by atoms with Gasteiger partial charge < -0.3 is 15.8 Å². The number of thiazole rings is 1. The Morgan fingerprint density at radius 1 is 1.24 bits per heavy atom. The van der Waals surface area contributed by atoms with Gasteiger partial charge in [-0.3, -0.25) is 14.5 Å². The summed E-state index contributed by atoms with van der Waals surface area (Å²) in [7, 11) is 0. The minimum Gasteiger partial charge on any atom is -0.473 e. The largest absolute Gasteiger partial charge is 0.473 e. The zero-order chi connectivity index (χ0) is 20.7. The molecule has 3 fully saturated rings. The van der Waals surface area contributed by atoms with Crippen molar-refractivity contribution in [1.29, 1.82) is 0 Å². The molecule has 1 saturated heterocycles. The van der Waals surface area contributed by atoms with Gasteiger partial charge in [0.25, 0.3) is 11.8 Å². The molecule has 3 aliphatic rings. The average Bonchev–Trinajstić information content (AvgIpc) is 3.36. The molecule has 9 heteroatoms. The lowest BCUT2D eigenvalue weighted by Crippen LogP contribution is -2.44. The summed E-state index contributed by atoms with van der Waals surface area (Å²) in [5, 5.41) is 3.75. The fourth-order valence-corrected chi connectivity index (χ4v) is 5.19. The van der Waals surface area contributed by atoms with Crippen LogP contribution < -0.4 is 15.8 Å². The van der Waals surface area contributed by atoms with Crippen LogP contribution in [0.1, 0.15) is 79.4 Å². The number of nitrogens with two attached hydrogens (primary N) is 1. The minimum atomic E-state index is -0.506. The number of nitrogens with one attached hydrogen (secondary N) is 1. The van der Waals surface area contributed by atoms with Crippen LogP contribution in [0.4, 0.5) is 4.79 Å². The Bertz CT molecular complexity index is 811. The number of rotatable bonds is 7. The van der Waals surface area contributed by atoms with Crippen molar-refractivity contribution in [3.05, 3.63) is 9.88 Å². The molecule has 1 aromatic rings. The SMILES string of the molecule is CC(C)CC1NC(=O)N([C@H]2CC[C@H](Oc3nc(C4CC4)sc3C(N)=O)CC2)C1=O.